The van der Waals surface area contributed by atoms with Crippen LogP contribution < -0.4 is 5.32 Å². The number of rotatable bonds is 4. The van der Waals surface area contributed by atoms with Gasteiger partial charge in [-0.15, -0.1) is 11.3 Å². The molecule has 0 aliphatic carbocycles. The van der Waals surface area contributed by atoms with Gasteiger partial charge in [-0.3, -0.25) is 9.69 Å². The number of ether oxygens (including phenoxy) is 1. The summed E-state index contributed by atoms with van der Waals surface area (Å²) in [6.45, 7) is 4.81. The fraction of sp³-hybridized carbons (Fsp3) is 0.706. The summed E-state index contributed by atoms with van der Waals surface area (Å²) in [5.41, 5.74) is -0.00410. The molecule has 2 N–H and O–H groups in total. The molecule has 2 aliphatic heterocycles. The van der Waals surface area contributed by atoms with E-state index in [9.17, 15) is 15.2 Å². The normalized spacial score (nSPS) is 26.8. The van der Waals surface area contributed by atoms with E-state index in [-0.39, 0.29) is 11.9 Å². The van der Waals surface area contributed by atoms with Gasteiger partial charge in [0.15, 0.2) is 0 Å². The van der Waals surface area contributed by atoms with E-state index in [0.29, 0.717) is 45.6 Å². The van der Waals surface area contributed by atoms with Crippen molar-refractivity contribution >= 4 is 17.2 Å². The SMILES string of the molecule is Cc1nc(CN2CC[C@@H](NC(=O)C3(C#N)CCOCC3)[C@H](O)C2)cs1. The van der Waals surface area contributed by atoms with E-state index < -0.39 is 11.5 Å². The second kappa shape index (κ2) is 7.79. The molecular formula is C17H24N4O3S. The van der Waals surface area contributed by atoms with Gasteiger partial charge in [0.1, 0.15) is 5.41 Å². The standard InChI is InChI=1S/C17H24N4O3S/c1-12-19-13(10-25-12)8-21-5-2-14(15(22)9-21)20-16(23)17(11-18)3-6-24-7-4-17/h10,14-15,22H,2-9H2,1H3,(H,20,23)/t14-,15-/m1/s1. The minimum Gasteiger partial charge on any atom is -0.390 e. The van der Waals surface area contributed by atoms with Crippen LogP contribution in [0.4, 0.5) is 0 Å². The largest absolute Gasteiger partial charge is 0.390 e. The lowest BCUT2D eigenvalue weighted by Gasteiger charge is -2.38. The van der Waals surface area contributed by atoms with Gasteiger partial charge in [-0.1, -0.05) is 0 Å². The maximum atomic E-state index is 12.6. The molecule has 3 rings (SSSR count). The molecular weight excluding hydrogens is 340 g/mol. The second-order valence-electron chi connectivity index (χ2n) is 6.84. The lowest BCUT2D eigenvalue weighted by molar-refractivity contribution is -0.134. The Bertz CT molecular complexity index is 651. The summed E-state index contributed by atoms with van der Waals surface area (Å²) in [6.07, 6.45) is 0.836. The Morgan fingerprint density at radius 1 is 1.60 bits per heavy atom. The van der Waals surface area contributed by atoms with Crippen molar-refractivity contribution in [3.63, 3.8) is 0 Å². The molecule has 2 aliphatic rings. The molecule has 8 heteroatoms. The van der Waals surface area contributed by atoms with Gasteiger partial charge in [-0.25, -0.2) is 4.98 Å². The molecule has 0 spiro atoms. The van der Waals surface area contributed by atoms with Crippen molar-refractivity contribution in [3.05, 3.63) is 16.1 Å². The van der Waals surface area contributed by atoms with Crippen molar-refractivity contribution in [2.45, 2.75) is 44.9 Å². The fourth-order valence-corrected chi connectivity index (χ4v) is 4.04. The quantitative estimate of drug-likeness (QED) is 0.821. The molecule has 0 unspecified atom stereocenters. The van der Waals surface area contributed by atoms with Gasteiger partial charge in [0.2, 0.25) is 5.91 Å². The molecule has 2 fully saturated rings. The van der Waals surface area contributed by atoms with Crippen LogP contribution in [0.15, 0.2) is 5.38 Å². The third kappa shape index (κ3) is 4.18. The van der Waals surface area contributed by atoms with Gasteiger partial charge in [0.25, 0.3) is 0 Å². The zero-order chi connectivity index (χ0) is 17.9. The first-order valence-electron chi connectivity index (χ1n) is 8.64. The molecule has 7 nitrogen and oxygen atoms in total. The molecule has 2 saturated heterocycles. The van der Waals surface area contributed by atoms with E-state index in [1.165, 1.54) is 0 Å². The van der Waals surface area contributed by atoms with Crippen molar-refractivity contribution in [3.8, 4) is 6.07 Å². The predicted molar refractivity (Wildman–Crippen MR) is 92.8 cm³/mol. The highest BCUT2D eigenvalue weighted by Crippen LogP contribution is 2.30. The Morgan fingerprint density at radius 3 is 2.96 bits per heavy atom. The summed E-state index contributed by atoms with van der Waals surface area (Å²) < 4.78 is 5.27. The number of aliphatic hydroxyl groups excluding tert-OH is 1. The summed E-state index contributed by atoms with van der Waals surface area (Å²) in [5.74, 6) is -0.272. The van der Waals surface area contributed by atoms with Gasteiger partial charge in [-0.2, -0.15) is 5.26 Å². The topological polar surface area (TPSA) is 98.5 Å². The Morgan fingerprint density at radius 2 is 2.36 bits per heavy atom. The highest BCUT2D eigenvalue weighted by atomic mass is 32.1. The zero-order valence-corrected chi connectivity index (χ0v) is 15.2. The molecule has 0 bridgehead atoms. The predicted octanol–water partition coefficient (Wildman–Crippen LogP) is 0.823. The number of amides is 1. The smallest absolute Gasteiger partial charge is 0.240 e. The van der Waals surface area contributed by atoms with Gasteiger partial charge in [0, 0.05) is 38.2 Å². The van der Waals surface area contributed by atoms with Crippen LogP contribution in [0.25, 0.3) is 0 Å². The number of carbonyl (C=O) groups excluding carboxylic acids is 1. The number of nitriles is 1. The van der Waals surface area contributed by atoms with Gasteiger partial charge in [-0.05, 0) is 26.2 Å². The summed E-state index contributed by atoms with van der Waals surface area (Å²) in [7, 11) is 0. The highest BCUT2D eigenvalue weighted by Gasteiger charge is 2.42. The molecule has 1 amide bonds. The van der Waals surface area contributed by atoms with Crippen LogP contribution in [0.5, 0.6) is 0 Å². The number of thiazole rings is 1. The number of aliphatic hydroxyl groups is 1. The summed E-state index contributed by atoms with van der Waals surface area (Å²) in [4.78, 5) is 19.2. The molecule has 1 aromatic heterocycles. The number of carbonyl (C=O) groups is 1. The number of hydrogen-bond acceptors (Lipinski definition) is 7. The first kappa shape index (κ1) is 18.3. The monoisotopic (exact) mass is 364 g/mol. The van der Waals surface area contributed by atoms with E-state index in [1.807, 2.05) is 12.3 Å². The molecule has 136 valence electrons. The van der Waals surface area contributed by atoms with E-state index in [1.54, 1.807) is 11.3 Å². The molecule has 1 aromatic rings. The van der Waals surface area contributed by atoms with Gasteiger partial charge in [0.05, 0.1) is 28.9 Å². The minimum absolute atomic E-state index is 0.272. The Balaban J connectivity index is 1.54. The third-order valence-electron chi connectivity index (χ3n) is 5.03. The number of aryl methyl sites for hydroxylation is 1. The molecule has 0 radical (unpaired) electrons. The number of likely N-dealkylation sites (tertiary alicyclic amines) is 1. The van der Waals surface area contributed by atoms with Crippen LogP contribution in [-0.4, -0.2) is 59.3 Å². The lowest BCUT2D eigenvalue weighted by Crippen LogP contribution is -2.57. The van der Waals surface area contributed by atoms with Crippen molar-refractivity contribution < 1.29 is 14.6 Å². The molecule has 25 heavy (non-hydrogen) atoms. The first-order valence-corrected chi connectivity index (χ1v) is 9.52. The highest BCUT2D eigenvalue weighted by molar-refractivity contribution is 7.09. The average molecular weight is 364 g/mol. The van der Waals surface area contributed by atoms with E-state index >= 15 is 0 Å². The van der Waals surface area contributed by atoms with Gasteiger partial charge >= 0.3 is 0 Å². The van der Waals surface area contributed by atoms with Crippen molar-refractivity contribution in [1.82, 2.24) is 15.2 Å². The summed E-state index contributed by atoms with van der Waals surface area (Å²) >= 11 is 1.62. The van der Waals surface area contributed by atoms with Crippen molar-refractivity contribution in [2.75, 3.05) is 26.3 Å². The van der Waals surface area contributed by atoms with Crippen LogP contribution in [0.1, 0.15) is 30.0 Å². The molecule has 0 aromatic carbocycles. The lowest BCUT2D eigenvalue weighted by atomic mass is 9.80. The maximum Gasteiger partial charge on any atom is 0.240 e. The second-order valence-corrected chi connectivity index (χ2v) is 7.90. The Hall–Kier alpha value is -1.53. The van der Waals surface area contributed by atoms with E-state index in [4.69, 9.17) is 4.74 Å². The van der Waals surface area contributed by atoms with E-state index in [2.05, 4.69) is 21.3 Å². The number of nitrogens with zero attached hydrogens (tertiary/aromatic N) is 3. The minimum atomic E-state index is -1.02. The molecule has 3 heterocycles. The van der Waals surface area contributed by atoms with Crippen LogP contribution >= 0.6 is 11.3 Å². The van der Waals surface area contributed by atoms with Crippen LogP contribution in [-0.2, 0) is 16.1 Å². The number of aromatic nitrogens is 1. The van der Waals surface area contributed by atoms with Gasteiger partial charge < -0.3 is 15.2 Å². The number of piperidine rings is 1. The van der Waals surface area contributed by atoms with Crippen molar-refractivity contribution in [2.24, 2.45) is 5.41 Å². The third-order valence-corrected chi connectivity index (χ3v) is 5.85. The average Bonchev–Trinajstić information content (AvgIpc) is 3.02. The van der Waals surface area contributed by atoms with Crippen molar-refractivity contribution in [1.29, 1.82) is 5.26 Å². The summed E-state index contributed by atoms with van der Waals surface area (Å²) in [6, 6.07) is 1.86. The van der Waals surface area contributed by atoms with Crippen LogP contribution in [0.3, 0.4) is 0 Å². The van der Waals surface area contributed by atoms with Crippen LogP contribution in [0.2, 0.25) is 0 Å². The Labute approximate surface area is 151 Å². The number of hydrogen-bond donors (Lipinski definition) is 2. The Kier molecular flexibility index (Phi) is 5.69. The zero-order valence-electron chi connectivity index (χ0n) is 14.4. The fourth-order valence-electron chi connectivity index (χ4n) is 3.44. The number of β-amino-alcohol motifs (C(OH)–C–C–N with tert-alkyl or cyclic N) is 1. The molecule has 2 atom stereocenters. The first-order chi connectivity index (χ1) is 12.0. The molecule has 0 saturated carbocycles. The van der Waals surface area contributed by atoms with E-state index in [0.717, 1.165) is 17.2 Å². The summed E-state index contributed by atoms with van der Waals surface area (Å²) in [5, 5.41) is 25.9. The maximum absolute atomic E-state index is 12.6. The number of nitrogens with one attached hydrogen (secondary N) is 1. The van der Waals surface area contributed by atoms with Crippen LogP contribution in [0, 0.1) is 23.7 Å².